The Morgan fingerprint density at radius 2 is 1.93 bits per heavy atom. The van der Waals surface area contributed by atoms with E-state index >= 15 is 0 Å². The van der Waals surface area contributed by atoms with E-state index < -0.39 is 17.7 Å². The topological polar surface area (TPSA) is 94.5 Å². The normalized spacial score (nSPS) is 10.4. The summed E-state index contributed by atoms with van der Waals surface area (Å²) in [7, 11) is 0. The van der Waals surface area contributed by atoms with Gasteiger partial charge in [-0.1, -0.05) is 12.1 Å². The third-order valence-electron chi connectivity index (χ3n) is 1.69. The molecule has 0 aliphatic carbocycles. The zero-order valence-corrected chi connectivity index (χ0v) is 7.51. The summed E-state index contributed by atoms with van der Waals surface area (Å²) in [4.78, 5) is 20.9. The Morgan fingerprint density at radius 1 is 1.27 bits per heavy atom. The largest absolute Gasteiger partial charge is 0.507 e. The van der Waals surface area contributed by atoms with Crippen molar-refractivity contribution in [2.75, 3.05) is 0 Å². The fourth-order valence-corrected chi connectivity index (χ4v) is 1.09. The number of rotatable bonds is 3. The summed E-state index contributed by atoms with van der Waals surface area (Å²) in [6.07, 6.45) is 1.75. The standard InChI is InChI=1S/C10H7O5/c11-7-3-1-2-6(4-5-8(12)13)9(7)10(14)15/h1-5,11H,(H,14,15). The summed E-state index contributed by atoms with van der Waals surface area (Å²) in [6, 6.07) is 4.00. The number of carbonyl (C=O) groups is 2. The number of aromatic hydroxyl groups is 1. The minimum atomic E-state index is -1.44. The van der Waals surface area contributed by atoms with E-state index in [0.717, 1.165) is 6.08 Å². The van der Waals surface area contributed by atoms with Crippen LogP contribution >= 0.6 is 0 Å². The van der Waals surface area contributed by atoms with Gasteiger partial charge in [-0.25, -0.2) is 14.7 Å². The van der Waals surface area contributed by atoms with Crippen LogP contribution in [-0.4, -0.2) is 22.2 Å². The van der Waals surface area contributed by atoms with Gasteiger partial charge in [-0.05, 0) is 17.7 Å². The number of phenols is 1. The third-order valence-corrected chi connectivity index (χ3v) is 1.69. The molecule has 0 bridgehead atoms. The molecule has 1 radical (unpaired) electrons. The lowest BCUT2D eigenvalue weighted by Gasteiger charge is -2.02. The summed E-state index contributed by atoms with van der Waals surface area (Å²) in [5.74, 6) is -3.18. The monoisotopic (exact) mass is 207 g/mol. The highest BCUT2D eigenvalue weighted by Crippen LogP contribution is 2.21. The van der Waals surface area contributed by atoms with E-state index in [0.29, 0.717) is 6.08 Å². The van der Waals surface area contributed by atoms with E-state index in [1.165, 1.54) is 18.2 Å². The summed E-state index contributed by atoms with van der Waals surface area (Å²) in [5.41, 5.74) is -0.235. The molecule has 2 N–H and O–H groups in total. The van der Waals surface area contributed by atoms with Crippen molar-refractivity contribution < 1.29 is 24.9 Å². The van der Waals surface area contributed by atoms with Crippen LogP contribution in [-0.2, 0) is 9.90 Å². The number of hydrogen-bond donors (Lipinski definition) is 2. The highest BCUT2D eigenvalue weighted by molar-refractivity contribution is 5.96. The first-order valence-electron chi connectivity index (χ1n) is 3.96. The molecule has 5 heteroatoms. The maximum Gasteiger partial charge on any atom is 0.379 e. The zero-order valence-electron chi connectivity index (χ0n) is 7.51. The smallest absolute Gasteiger partial charge is 0.379 e. The molecule has 1 aromatic rings. The number of carboxylic acid groups (broad SMARTS) is 1. The Kier molecular flexibility index (Phi) is 3.07. The molecule has 0 saturated heterocycles. The lowest BCUT2D eigenvalue weighted by atomic mass is 10.1. The molecule has 1 aromatic carbocycles. The second-order valence-corrected chi connectivity index (χ2v) is 2.70. The number of benzene rings is 1. The van der Waals surface area contributed by atoms with Gasteiger partial charge in [0, 0.05) is 6.08 Å². The van der Waals surface area contributed by atoms with Gasteiger partial charge < -0.3 is 10.2 Å². The van der Waals surface area contributed by atoms with Crippen LogP contribution in [0.4, 0.5) is 0 Å². The molecule has 0 aliphatic rings. The van der Waals surface area contributed by atoms with Crippen molar-refractivity contribution in [3.8, 4) is 5.75 Å². The van der Waals surface area contributed by atoms with Gasteiger partial charge in [-0.2, -0.15) is 0 Å². The second-order valence-electron chi connectivity index (χ2n) is 2.70. The number of hydrogen-bond acceptors (Lipinski definition) is 3. The Balaban J connectivity index is 3.23. The van der Waals surface area contributed by atoms with Crippen molar-refractivity contribution >= 4 is 18.0 Å². The molecule has 0 heterocycles. The van der Waals surface area contributed by atoms with Gasteiger partial charge in [0.25, 0.3) is 0 Å². The predicted octanol–water partition coefficient (Wildman–Crippen LogP) is 1.06. The molecule has 77 valence electrons. The number of carboxylic acids is 1. The van der Waals surface area contributed by atoms with Gasteiger partial charge in [0.1, 0.15) is 11.3 Å². The van der Waals surface area contributed by atoms with Crippen molar-refractivity contribution in [2.24, 2.45) is 0 Å². The van der Waals surface area contributed by atoms with Crippen LogP contribution < -0.4 is 0 Å². The fraction of sp³-hybridized carbons (Fsp3) is 0. The molecule has 0 spiro atoms. The Morgan fingerprint density at radius 3 is 2.47 bits per heavy atom. The molecule has 0 aromatic heterocycles. The molecular weight excluding hydrogens is 200 g/mol. The van der Waals surface area contributed by atoms with Crippen molar-refractivity contribution in [3.05, 3.63) is 35.4 Å². The van der Waals surface area contributed by atoms with Gasteiger partial charge in [0.05, 0.1) is 0 Å². The van der Waals surface area contributed by atoms with Crippen LogP contribution in [0.2, 0.25) is 0 Å². The van der Waals surface area contributed by atoms with Crippen molar-refractivity contribution in [2.45, 2.75) is 0 Å². The quantitative estimate of drug-likeness (QED) is 0.724. The van der Waals surface area contributed by atoms with Crippen LogP contribution in [0.25, 0.3) is 6.08 Å². The van der Waals surface area contributed by atoms with Crippen molar-refractivity contribution in [1.29, 1.82) is 0 Å². The van der Waals surface area contributed by atoms with E-state index in [-0.39, 0.29) is 11.1 Å². The Labute approximate surface area is 84.9 Å². The molecule has 0 amide bonds. The second kappa shape index (κ2) is 4.28. The van der Waals surface area contributed by atoms with Crippen LogP contribution in [0, 0.1) is 0 Å². The predicted molar refractivity (Wildman–Crippen MR) is 49.8 cm³/mol. The van der Waals surface area contributed by atoms with Crippen LogP contribution in [0.3, 0.4) is 0 Å². The Bertz CT molecular complexity index is 433. The van der Waals surface area contributed by atoms with E-state index in [2.05, 4.69) is 0 Å². The highest BCUT2D eigenvalue weighted by atomic mass is 16.4. The molecule has 1 rings (SSSR count). The minimum absolute atomic E-state index is 0.103. The van der Waals surface area contributed by atoms with Crippen LogP contribution in [0.1, 0.15) is 15.9 Å². The molecule has 0 saturated carbocycles. The molecule has 5 nitrogen and oxygen atoms in total. The first kappa shape index (κ1) is 10.8. The number of aromatic carboxylic acids is 1. The lowest BCUT2D eigenvalue weighted by molar-refractivity contribution is -0.137. The third kappa shape index (κ3) is 2.57. The number of carbonyl (C=O) groups excluding carboxylic acids is 1. The molecule has 0 unspecified atom stereocenters. The maximum atomic E-state index is 10.7. The van der Waals surface area contributed by atoms with E-state index in [9.17, 15) is 19.8 Å². The van der Waals surface area contributed by atoms with Crippen LogP contribution in [0.15, 0.2) is 24.3 Å². The first-order valence-corrected chi connectivity index (χ1v) is 3.96. The van der Waals surface area contributed by atoms with Gasteiger partial charge >= 0.3 is 11.9 Å². The van der Waals surface area contributed by atoms with Crippen molar-refractivity contribution in [1.82, 2.24) is 0 Å². The van der Waals surface area contributed by atoms with E-state index in [4.69, 9.17) is 5.11 Å². The average molecular weight is 207 g/mol. The fourth-order valence-electron chi connectivity index (χ4n) is 1.09. The minimum Gasteiger partial charge on any atom is -0.507 e. The average Bonchev–Trinajstić information content (AvgIpc) is 2.13. The highest BCUT2D eigenvalue weighted by Gasteiger charge is 2.13. The lowest BCUT2D eigenvalue weighted by Crippen LogP contribution is -2.00. The van der Waals surface area contributed by atoms with Gasteiger partial charge in [0.15, 0.2) is 0 Å². The van der Waals surface area contributed by atoms with E-state index in [1.807, 2.05) is 0 Å². The molecule has 0 aliphatic heterocycles. The molecule has 15 heavy (non-hydrogen) atoms. The Hall–Kier alpha value is -2.30. The van der Waals surface area contributed by atoms with Gasteiger partial charge in [-0.15, -0.1) is 0 Å². The summed E-state index contributed by atoms with van der Waals surface area (Å²) in [5, 5.41) is 28.1. The first-order chi connectivity index (χ1) is 7.02. The van der Waals surface area contributed by atoms with E-state index in [1.54, 1.807) is 0 Å². The van der Waals surface area contributed by atoms with Crippen molar-refractivity contribution in [3.63, 3.8) is 0 Å². The van der Waals surface area contributed by atoms with Gasteiger partial charge in [0.2, 0.25) is 0 Å². The molecule has 0 fully saturated rings. The molecular formula is C10H7O5. The van der Waals surface area contributed by atoms with Gasteiger partial charge in [-0.3, -0.25) is 0 Å². The molecule has 0 atom stereocenters. The summed E-state index contributed by atoms with van der Waals surface area (Å²) in [6.45, 7) is 0. The maximum absolute atomic E-state index is 10.7. The SMILES string of the molecule is [O]C(=O)C=Cc1cccc(O)c1C(=O)O. The summed E-state index contributed by atoms with van der Waals surface area (Å²) >= 11 is 0. The zero-order chi connectivity index (χ0) is 11.4. The van der Waals surface area contributed by atoms with Crippen LogP contribution in [0.5, 0.6) is 5.75 Å². The summed E-state index contributed by atoms with van der Waals surface area (Å²) < 4.78 is 0.